The first kappa shape index (κ1) is 50.1. The molecular weight excluding hydrogens is 863 g/mol. The van der Waals surface area contributed by atoms with Gasteiger partial charge in [-0.05, 0) is 77.2 Å². The lowest BCUT2D eigenvalue weighted by Gasteiger charge is -2.25. The summed E-state index contributed by atoms with van der Waals surface area (Å²) in [6.07, 6.45) is -0.903. The van der Waals surface area contributed by atoms with Crippen LogP contribution in [0.5, 0.6) is 28.7 Å². The molecule has 0 heterocycles. The number of aliphatic hydroxyl groups excluding tert-OH is 1. The molecule has 0 saturated heterocycles. The lowest BCUT2D eigenvalue weighted by Crippen LogP contribution is -2.50. The van der Waals surface area contributed by atoms with Crippen LogP contribution in [0.15, 0.2) is 121 Å². The van der Waals surface area contributed by atoms with Crippen LogP contribution in [-0.2, 0) is 41.6 Å². The highest BCUT2D eigenvalue weighted by molar-refractivity contribution is 6.76. The van der Waals surface area contributed by atoms with E-state index in [0.717, 1.165) is 17.2 Å². The van der Waals surface area contributed by atoms with E-state index in [1.807, 2.05) is 36.4 Å². The summed E-state index contributed by atoms with van der Waals surface area (Å²) in [4.78, 5) is 55.0. The van der Waals surface area contributed by atoms with Gasteiger partial charge in [-0.3, -0.25) is 10.1 Å². The van der Waals surface area contributed by atoms with E-state index in [1.54, 1.807) is 67.6 Å². The Morgan fingerprint density at radius 1 is 0.652 bits per heavy atom. The molecular formula is C50H59N3O12Si. The van der Waals surface area contributed by atoms with Crippen LogP contribution in [0, 0.1) is 0 Å². The summed E-state index contributed by atoms with van der Waals surface area (Å²) >= 11 is 0. The number of rotatable bonds is 23. The second-order valence-corrected chi connectivity index (χ2v) is 22.1. The average molecular weight is 922 g/mol. The minimum atomic E-state index is -1.55. The largest absolute Gasteiger partial charge is 0.508 e. The van der Waals surface area contributed by atoms with Crippen molar-refractivity contribution in [1.29, 1.82) is 0 Å². The first-order chi connectivity index (χ1) is 31.7. The van der Waals surface area contributed by atoms with Crippen LogP contribution in [0.25, 0.3) is 0 Å². The molecule has 0 unspecified atom stereocenters. The van der Waals surface area contributed by atoms with Crippen molar-refractivity contribution in [1.82, 2.24) is 16.0 Å². The zero-order chi connectivity index (χ0) is 47.6. The van der Waals surface area contributed by atoms with Crippen molar-refractivity contribution in [2.24, 2.45) is 0 Å². The van der Waals surface area contributed by atoms with Gasteiger partial charge in [0.2, 0.25) is 5.91 Å². The Hall–Kier alpha value is -6.88. The van der Waals surface area contributed by atoms with E-state index in [2.05, 4.69) is 35.6 Å². The topological polar surface area (TPSA) is 200 Å². The van der Waals surface area contributed by atoms with Crippen LogP contribution in [0.3, 0.4) is 0 Å². The monoisotopic (exact) mass is 921 g/mol. The molecule has 0 fully saturated rings. The van der Waals surface area contributed by atoms with Gasteiger partial charge < -0.3 is 49.3 Å². The summed E-state index contributed by atoms with van der Waals surface area (Å²) in [7, 11) is 1.34. The lowest BCUT2D eigenvalue weighted by atomic mass is 10.0. The van der Waals surface area contributed by atoms with Crippen molar-refractivity contribution in [2.75, 3.05) is 34.0 Å². The van der Waals surface area contributed by atoms with Crippen molar-refractivity contribution < 1.29 is 57.8 Å². The van der Waals surface area contributed by atoms with Crippen LogP contribution in [0.4, 0.5) is 4.79 Å². The fraction of sp³-hybridized carbons (Fsp3) is 0.320. The highest BCUT2D eigenvalue weighted by Gasteiger charge is 2.32. The molecule has 0 radical (unpaired) electrons. The third-order valence-corrected chi connectivity index (χ3v) is 12.0. The standard InChI is InChI=1S/C50H59N3O12Si/c1-7-62-48(57)46(53-47(56)41(26-33-18-21-38(55)22-19-33)52-50(59)64-32-34-14-10-8-11-15-34)37-27-39(60-2)30-40(28-37)65-44-29-36(20-23-43(44)61-3)45(49(58)63-24-25-66(4,5)6)51-42(31-54)35-16-12-9-13-17-35/h8-23,27-30,41-42,45-46,51,54-55H,7,24-26,31-32H2,1-6H3,(H,52,59)(H,53,56)/t41-,42-,45+,46+/m1/s1. The molecule has 0 aliphatic heterocycles. The minimum Gasteiger partial charge on any atom is -0.508 e. The smallest absolute Gasteiger partial charge is 0.408 e. The quantitative estimate of drug-likeness (QED) is 0.0243. The predicted molar refractivity (Wildman–Crippen MR) is 250 cm³/mol. The van der Waals surface area contributed by atoms with Gasteiger partial charge in [0.05, 0.1) is 40.1 Å². The number of benzene rings is 5. The molecule has 5 aromatic carbocycles. The van der Waals surface area contributed by atoms with Crippen LogP contribution >= 0.6 is 0 Å². The Kier molecular flexibility index (Phi) is 18.5. The van der Waals surface area contributed by atoms with Gasteiger partial charge in [0.1, 0.15) is 35.9 Å². The van der Waals surface area contributed by atoms with Gasteiger partial charge in [0.25, 0.3) is 0 Å². The molecule has 0 aliphatic rings. The van der Waals surface area contributed by atoms with Crippen molar-refractivity contribution in [3.63, 3.8) is 0 Å². The molecule has 5 rings (SSSR count). The van der Waals surface area contributed by atoms with Crippen molar-refractivity contribution >= 4 is 32.0 Å². The number of aliphatic hydroxyl groups is 1. The van der Waals surface area contributed by atoms with Gasteiger partial charge in [0.15, 0.2) is 17.5 Å². The lowest BCUT2D eigenvalue weighted by molar-refractivity contribution is -0.148. The highest BCUT2D eigenvalue weighted by Crippen LogP contribution is 2.37. The highest BCUT2D eigenvalue weighted by atomic mass is 28.3. The molecule has 0 saturated carbocycles. The molecule has 2 amide bonds. The van der Waals surface area contributed by atoms with Gasteiger partial charge in [-0.2, -0.15) is 0 Å². The van der Waals surface area contributed by atoms with E-state index in [-0.39, 0.29) is 61.4 Å². The van der Waals surface area contributed by atoms with Crippen molar-refractivity contribution in [3.8, 4) is 28.7 Å². The summed E-state index contributed by atoms with van der Waals surface area (Å²) < 4.78 is 34.5. The Morgan fingerprint density at radius 2 is 1.32 bits per heavy atom. The number of nitrogens with one attached hydrogen (secondary N) is 3. The molecule has 16 heteroatoms. The SMILES string of the molecule is CCOC(=O)[C@@H](NC(=O)[C@@H](Cc1ccc(O)cc1)NC(=O)OCc1ccccc1)c1cc(OC)cc(Oc2cc([C@H](N[C@H](CO)c3ccccc3)C(=O)OCC[Si](C)(C)C)ccc2OC)c1. The number of ether oxygens (including phenoxy) is 6. The van der Waals surface area contributed by atoms with Crippen LogP contribution in [0.1, 0.15) is 52.9 Å². The maximum absolute atomic E-state index is 14.2. The van der Waals surface area contributed by atoms with Gasteiger partial charge in [-0.25, -0.2) is 14.4 Å². The Balaban J connectivity index is 1.47. The van der Waals surface area contributed by atoms with Crippen molar-refractivity contribution in [3.05, 3.63) is 149 Å². The van der Waals surface area contributed by atoms with Gasteiger partial charge in [-0.1, -0.05) is 98.5 Å². The molecule has 15 nitrogen and oxygen atoms in total. The molecule has 0 aromatic heterocycles. The first-order valence-electron chi connectivity index (χ1n) is 21.6. The number of hydrogen-bond acceptors (Lipinski definition) is 13. The van der Waals surface area contributed by atoms with E-state index in [4.69, 9.17) is 28.4 Å². The minimum absolute atomic E-state index is 0.0132. The summed E-state index contributed by atoms with van der Waals surface area (Å²) in [6.45, 7) is 8.05. The van der Waals surface area contributed by atoms with Gasteiger partial charge in [0, 0.05) is 20.6 Å². The number of phenolic OH excluding ortho intramolecular Hbond substituents is 1. The van der Waals surface area contributed by atoms with Gasteiger partial charge >= 0.3 is 18.0 Å². The maximum atomic E-state index is 14.2. The van der Waals surface area contributed by atoms with E-state index in [0.29, 0.717) is 16.9 Å². The van der Waals surface area contributed by atoms with Gasteiger partial charge in [-0.15, -0.1) is 0 Å². The fourth-order valence-corrected chi connectivity index (χ4v) is 7.44. The Bertz CT molecular complexity index is 2360. The normalized spacial score (nSPS) is 13.0. The number of aromatic hydroxyl groups is 1. The number of amides is 2. The second-order valence-electron chi connectivity index (χ2n) is 16.5. The molecule has 5 aromatic rings. The third kappa shape index (κ3) is 15.1. The molecule has 0 aliphatic carbocycles. The van der Waals surface area contributed by atoms with E-state index < -0.39 is 56.2 Å². The van der Waals surface area contributed by atoms with E-state index in [9.17, 15) is 29.4 Å². The third-order valence-electron chi connectivity index (χ3n) is 10.3. The Morgan fingerprint density at radius 3 is 1.95 bits per heavy atom. The van der Waals surface area contributed by atoms with Crippen LogP contribution in [0.2, 0.25) is 25.7 Å². The molecule has 0 bridgehead atoms. The number of phenols is 1. The predicted octanol–water partition coefficient (Wildman–Crippen LogP) is 7.71. The average Bonchev–Trinajstić information content (AvgIpc) is 3.31. The molecule has 0 spiro atoms. The fourth-order valence-electron chi connectivity index (χ4n) is 6.73. The summed E-state index contributed by atoms with van der Waals surface area (Å²) in [6, 6.07) is 30.4. The Labute approximate surface area is 386 Å². The second kappa shape index (κ2) is 24.4. The zero-order valence-corrected chi connectivity index (χ0v) is 39.1. The number of methoxy groups -OCH3 is 2. The number of hydrogen-bond donors (Lipinski definition) is 5. The summed E-state index contributed by atoms with van der Waals surface area (Å²) in [5.74, 6) is -1.19. The number of carbonyl (C=O) groups is 4. The molecule has 350 valence electrons. The van der Waals surface area contributed by atoms with E-state index in [1.165, 1.54) is 38.5 Å². The zero-order valence-electron chi connectivity index (χ0n) is 38.1. The van der Waals surface area contributed by atoms with Crippen LogP contribution < -0.4 is 30.2 Å². The van der Waals surface area contributed by atoms with Crippen LogP contribution in [-0.4, -0.2) is 82.3 Å². The summed E-state index contributed by atoms with van der Waals surface area (Å²) in [5, 5.41) is 29.0. The molecule has 5 N–H and O–H groups in total. The first-order valence-corrected chi connectivity index (χ1v) is 25.3. The molecule has 66 heavy (non-hydrogen) atoms. The molecule has 4 atom stereocenters. The number of alkyl carbamates (subject to hydrolysis) is 1. The number of carbonyl (C=O) groups excluding carboxylic acids is 4. The summed E-state index contributed by atoms with van der Waals surface area (Å²) in [5.41, 5.74) is 2.76. The van der Waals surface area contributed by atoms with E-state index >= 15 is 0 Å². The van der Waals surface area contributed by atoms with Crippen molar-refractivity contribution in [2.45, 2.75) is 69.8 Å². The maximum Gasteiger partial charge on any atom is 0.408 e. The number of esters is 2.